The molecule has 0 aromatic heterocycles. The molecule has 6 heteroatoms. The second-order valence-corrected chi connectivity index (χ2v) is 4.62. The summed E-state index contributed by atoms with van der Waals surface area (Å²) >= 11 is 5.81. The Morgan fingerprint density at radius 1 is 1.14 bits per heavy atom. The van der Waals surface area contributed by atoms with Crippen LogP contribution in [0, 0.1) is 0 Å². The van der Waals surface area contributed by atoms with Crippen LogP contribution in [0.3, 0.4) is 0 Å². The van der Waals surface area contributed by atoms with E-state index in [2.05, 4.69) is 5.32 Å². The number of anilines is 1. The molecule has 0 saturated carbocycles. The van der Waals surface area contributed by atoms with Gasteiger partial charge < -0.3 is 15.2 Å². The maximum atomic E-state index is 11.7. The number of benzene rings is 2. The van der Waals surface area contributed by atoms with Crippen molar-refractivity contribution in [1.82, 2.24) is 0 Å². The van der Waals surface area contributed by atoms with Crippen molar-refractivity contribution >= 4 is 29.2 Å². The lowest BCUT2D eigenvalue weighted by atomic mass is 10.2. The topological polar surface area (TPSA) is 75.6 Å². The highest BCUT2D eigenvalue weighted by atomic mass is 35.5. The van der Waals surface area contributed by atoms with E-state index in [0.717, 1.165) is 0 Å². The van der Waals surface area contributed by atoms with Crippen molar-refractivity contribution in [2.75, 3.05) is 11.9 Å². The number of amides is 1. The van der Waals surface area contributed by atoms with Crippen molar-refractivity contribution in [3.8, 4) is 5.75 Å². The van der Waals surface area contributed by atoms with Crippen LogP contribution in [-0.4, -0.2) is 23.6 Å². The molecule has 0 heterocycles. The van der Waals surface area contributed by atoms with Gasteiger partial charge in [0.05, 0.1) is 5.56 Å². The quantitative estimate of drug-likeness (QED) is 0.890. The average molecular weight is 306 g/mol. The van der Waals surface area contributed by atoms with Crippen LogP contribution < -0.4 is 10.1 Å². The molecule has 0 spiro atoms. The first-order valence-electron chi connectivity index (χ1n) is 6.06. The van der Waals surface area contributed by atoms with Gasteiger partial charge in [-0.2, -0.15) is 0 Å². The number of hydrogen-bond acceptors (Lipinski definition) is 3. The smallest absolute Gasteiger partial charge is 0.335 e. The first kappa shape index (κ1) is 14.9. The van der Waals surface area contributed by atoms with Crippen LogP contribution in [0.15, 0.2) is 48.5 Å². The predicted octanol–water partition coefficient (Wildman–Crippen LogP) is 3.06. The second kappa shape index (κ2) is 6.76. The molecule has 0 aliphatic rings. The highest BCUT2D eigenvalue weighted by Crippen LogP contribution is 2.16. The lowest BCUT2D eigenvalue weighted by Crippen LogP contribution is -2.20. The van der Waals surface area contributed by atoms with E-state index in [4.69, 9.17) is 21.4 Å². The molecule has 2 aromatic rings. The average Bonchev–Trinajstić information content (AvgIpc) is 2.45. The fourth-order valence-electron chi connectivity index (χ4n) is 1.63. The van der Waals surface area contributed by atoms with E-state index in [-0.39, 0.29) is 18.1 Å². The summed E-state index contributed by atoms with van der Waals surface area (Å²) < 4.78 is 5.25. The third-order valence-electron chi connectivity index (χ3n) is 2.56. The van der Waals surface area contributed by atoms with E-state index in [1.54, 1.807) is 36.4 Å². The summed E-state index contributed by atoms with van der Waals surface area (Å²) in [5, 5.41) is 12.0. The minimum absolute atomic E-state index is 0.0998. The summed E-state index contributed by atoms with van der Waals surface area (Å²) in [6.45, 7) is -0.227. The van der Waals surface area contributed by atoms with Crippen LogP contribution in [0.1, 0.15) is 10.4 Å². The van der Waals surface area contributed by atoms with Crippen molar-refractivity contribution in [2.45, 2.75) is 0 Å². The van der Waals surface area contributed by atoms with E-state index in [9.17, 15) is 9.59 Å². The van der Waals surface area contributed by atoms with Gasteiger partial charge in [-0.3, -0.25) is 4.79 Å². The van der Waals surface area contributed by atoms with Crippen LogP contribution >= 0.6 is 11.6 Å². The monoisotopic (exact) mass is 305 g/mol. The van der Waals surface area contributed by atoms with Gasteiger partial charge in [0, 0.05) is 10.7 Å². The minimum atomic E-state index is -1.05. The standard InChI is InChI=1S/C15H12ClNO4/c16-11-4-2-5-12(8-11)17-14(18)9-21-13-6-1-3-10(7-13)15(19)20/h1-8H,9H2,(H,17,18)(H,19,20). The SMILES string of the molecule is O=C(COc1cccc(C(=O)O)c1)Nc1cccc(Cl)c1. The zero-order chi connectivity index (χ0) is 15.2. The number of aromatic carboxylic acids is 1. The summed E-state index contributed by atoms with van der Waals surface area (Å²) in [5.41, 5.74) is 0.665. The Morgan fingerprint density at radius 3 is 2.62 bits per heavy atom. The zero-order valence-electron chi connectivity index (χ0n) is 10.9. The molecule has 0 atom stereocenters. The van der Waals surface area contributed by atoms with E-state index >= 15 is 0 Å². The van der Waals surface area contributed by atoms with Gasteiger partial charge in [-0.1, -0.05) is 23.7 Å². The summed E-state index contributed by atoms with van der Waals surface area (Å²) in [7, 11) is 0. The summed E-state index contributed by atoms with van der Waals surface area (Å²) in [6.07, 6.45) is 0. The molecule has 0 unspecified atom stereocenters. The Bertz CT molecular complexity index is 672. The van der Waals surface area contributed by atoms with Gasteiger partial charge in [-0.05, 0) is 36.4 Å². The van der Waals surface area contributed by atoms with Crippen molar-refractivity contribution in [2.24, 2.45) is 0 Å². The molecule has 5 nitrogen and oxygen atoms in total. The van der Waals surface area contributed by atoms with Gasteiger partial charge in [-0.25, -0.2) is 4.79 Å². The number of ether oxygens (including phenoxy) is 1. The molecule has 21 heavy (non-hydrogen) atoms. The molecule has 0 bridgehead atoms. The van der Waals surface area contributed by atoms with Gasteiger partial charge in [0.2, 0.25) is 0 Å². The van der Waals surface area contributed by atoms with Gasteiger partial charge in [0.15, 0.2) is 6.61 Å². The maximum absolute atomic E-state index is 11.7. The highest BCUT2D eigenvalue weighted by molar-refractivity contribution is 6.30. The van der Waals surface area contributed by atoms with Crippen LogP contribution in [0.5, 0.6) is 5.75 Å². The van der Waals surface area contributed by atoms with Gasteiger partial charge in [0.25, 0.3) is 5.91 Å². The van der Waals surface area contributed by atoms with Crippen LogP contribution in [0.25, 0.3) is 0 Å². The maximum Gasteiger partial charge on any atom is 0.335 e. The molecule has 0 aliphatic heterocycles. The Hall–Kier alpha value is -2.53. The third kappa shape index (κ3) is 4.50. The number of carboxylic acid groups (broad SMARTS) is 1. The number of hydrogen-bond donors (Lipinski definition) is 2. The first-order chi connectivity index (χ1) is 10.0. The van der Waals surface area contributed by atoms with Gasteiger partial charge in [-0.15, -0.1) is 0 Å². The van der Waals surface area contributed by atoms with E-state index in [1.807, 2.05) is 0 Å². The van der Waals surface area contributed by atoms with E-state index in [1.165, 1.54) is 12.1 Å². The number of halogens is 1. The minimum Gasteiger partial charge on any atom is -0.484 e. The number of carbonyl (C=O) groups excluding carboxylic acids is 1. The molecular weight excluding hydrogens is 294 g/mol. The molecule has 0 aliphatic carbocycles. The molecule has 0 fully saturated rings. The Balaban J connectivity index is 1.92. The predicted molar refractivity (Wildman–Crippen MR) is 79.0 cm³/mol. The lowest BCUT2D eigenvalue weighted by molar-refractivity contribution is -0.118. The largest absolute Gasteiger partial charge is 0.484 e. The fraction of sp³-hybridized carbons (Fsp3) is 0.0667. The van der Waals surface area contributed by atoms with Crippen LogP contribution in [-0.2, 0) is 4.79 Å². The molecule has 108 valence electrons. The van der Waals surface area contributed by atoms with Gasteiger partial charge >= 0.3 is 5.97 Å². The van der Waals surface area contributed by atoms with Crippen LogP contribution in [0.4, 0.5) is 5.69 Å². The number of carboxylic acids is 1. The molecule has 1 amide bonds. The molecule has 2 aromatic carbocycles. The second-order valence-electron chi connectivity index (χ2n) is 4.18. The van der Waals surface area contributed by atoms with Crippen molar-refractivity contribution in [3.05, 3.63) is 59.1 Å². The van der Waals surface area contributed by atoms with E-state index < -0.39 is 5.97 Å². The fourth-order valence-corrected chi connectivity index (χ4v) is 1.82. The number of nitrogens with one attached hydrogen (secondary N) is 1. The molecule has 0 saturated heterocycles. The Kier molecular flexibility index (Phi) is 4.79. The van der Waals surface area contributed by atoms with Crippen LogP contribution in [0.2, 0.25) is 5.02 Å². The van der Waals surface area contributed by atoms with Gasteiger partial charge in [0.1, 0.15) is 5.75 Å². The summed E-state index contributed by atoms with van der Waals surface area (Å²) in [6, 6.07) is 12.7. The number of carbonyl (C=O) groups is 2. The molecule has 2 rings (SSSR count). The first-order valence-corrected chi connectivity index (χ1v) is 6.44. The summed E-state index contributed by atoms with van der Waals surface area (Å²) in [4.78, 5) is 22.5. The van der Waals surface area contributed by atoms with E-state index in [0.29, 0.717) is 16.5 Å². The molecular formula is C15H12ClNO4. The van der Waals surface area contributed by atoms with Crippen molar-refractivity contribution in [1.29, 1.82) is 0 Å². The Labute approximate surface area is 126 Å². The third-order valence-corrected chi connectivity index (χ3v) is 2.79. The lowest BCUT2D eigenvalue weighted by Gasteiger charge is -2.08. The van der Waals surface area contributed by atoms with Crippen molar-refractivity contribution < 1.29 is 19.4 Å². The zero-order valence-corrected chi connectivity index (χ0v) is 11.6. The highest BCUT2D eigenvalue weighted by Gasteiger charge is 2.07. The number of rotatable bonds is 5. The van der Waals surface area contributed by atoms with Crippen molar-refractivity contribution in [3.63, 3.8) is 0 Å². The molecule has 0 radical (unpaired) electrons. The molecule has 2 N–H and O–H groups in total. The Morgan fingerprint density at radius 2 is 1.90 bits per heavy atom. The normalized spacial score (nSPS) is 9.95. The summed E-state index contributed by atoms with van der Waals surface area (Å²) in [5.74, 6) is -1.10.